The molecule has 1 aromatic heterocycles. The third-order valence-electron chi connectivity index (χ3n) is 5.51. The molecule has 1 heterocycles. The van der Waals surface area contributed by atoms with E-state index in [0.29, 0.717) is 5.54 Å². The van der Waals surface area contributed by atoms with Crippen LogP contribution < -0.4 is 5.32 Å². The summed E-state index contributed by atoms with van der Waals surface area (Å²) in [6.07, 6.45) is 13.0. The van der Waals surface area contributed by atoms with Crippen molar-refractivity contribution in [2.45, 2.75) is 50.6 Å². The van der Waals surface area contributed by atoms with Crippen LogP contribution >= 0.6 is 0 Å². The maximum Gasteiger partial charge on any atom is 0.0635 e. The molecular weight excluding hydrogens is 222 g/mol. The van der Waals surface area contributed by atoms with E-state index >= 15 is 0 Å². The van der Waals surface area contributed by atoms with Gasteiger partial charge in [0.05, 0.1) is 11.7 Å². The number of nitrogens with zero attached hydrogens (tertiary/aromatic N) is 2. The van der Waals surface area contributed by atoms with E-state index in [0.717, 1.165) is 24.3 Å². The Kier molecular flexibility index (Phi) is 2.35. The number of hydrogen-bond donors (Lipinski definition) is 1. The first-order chi connectivity index (χ1) is 8.77. The summed E-state index contributed by atoms with van der Waals surface area (Å²) in [7, 11) is 2.00. The lowest BCUT2D eigenvalue weighted by Crippen LogP contribution is -2.52. The van der Waals surface area contributed by atoms with Gasteiger partial charge in [-0.25, -0.2) is 0 Å². The Balaban J connectivity index is 1.66. The van der Waals surface area contributed by atoms with E-state index in [1.807, 2.05) is 7.05 Å². The van der Waals surface area contributed by atoms with Crippen molar-refractivity contribution in [3.05, 3.63) is 18.0 Å². The molecule has 4 aliphatic carbocycles. The van der Waals surface area contributed by atoms with Gasteiger partial charge in [0.1, 0.15) is 0 Å². The summed E-state index contributed by atoms with van der Waals surface area (Å²) in [5.74, 6) is 2.98. The summed E-state index contributed by atoms with van der Waals surface area (Å²) in [4.78, 5) is 0. The maximum absolute atomic E-state index is 4.70. The van der Waals surface area contributed by atoms with Gasteiger partial charge in [-0.3, -0.25) is 4.68 Å². The van der Waals surface area contributed by atoms with Crippen LogP contribution in [-0.2, 0) is 12.1 Å². The van der Waals surface area contributed by atoms with E-state index in [4.69, 9.17) is 5.10 Å². The standard InChI is InChI=1S/C15H23N3/c1-16-8-14-9-17-18(10-14)15-5-11-2-12(6-15)4-13(3-11)7-15/h9-13,16H,2-8H2,1H3. The van der Waals surface area contributed by atoms with E-state index in [9.17, 15) is 0 Å². The van der Waals surface area contributed by atoms with E-state index in [1.54, 1.807) is 0 Å². The molecule has 0 unspecified atom stereocenters. The first-order valence-electron chi connectivity index (χ1n) is 7.46. The summed E-state index contributed by atoms with van der Waals surface area (Å²) in [6, 6.07) is 0. The Morgan fingerprint density at radius 2 is 1.83 bits per heavy atom. The molecule has 0 amide bonds. The largest absolute Gasteiger partial charge is 0.316 e. The van der Waals surface area contributed by atoms with Gasteiger partial charge in [-0.15, -0.1) is 0 Å². The molecule has 3 heteroatoms. The van der Waals surface area contributed by atoms with Crippen LogP contribution in [0.25, 0.3) is 0 Å². The normalized spacial score (nSPS) is 41.5. The molecule has 4 bridgehead atoms. The molecule has 0 aromatic carbocycles. The van der Waals surface area contributed by atoms with Crippen molar-refractivity contribution < 1.29 is 0 Å². The average molecular weight is 245 g/mol. The Morgan fingerprint density at radius 3 is 2.39 bits per heavy atom. The van der Waals surface area contributed by atoms with E-state index < -0.39 is 0 Å². The van der Waals surface area contributed by atoms with E-state index in [-0.39, 0.29) is 0 Å². The molecule has 4 saturated carbocycles. The van der Waals surface area contributed by atoms with Gasteiger partial charge in [-0.1, -0.05) is 0 Å². The first-order valence-corrected chi connectivity index (χ1v) is 7.46. The summed E-state index contributed by atoms with van der Waals surface area (Å²) < 4.78 is 2.34. The SMILES string of the molecule is CNCc1cnn(C23CC4CC(CC(C4)C2)C3)c1. The first kappa shape index (κ1) is 11.0. The topological polar surface area (TPSA) is 29.9 Å². The lowest BCUT2D eigenvalue weighted by Gasteiger charge is -2.56. The molecule has 1 aromatic rings. The summed E-state index contributed by atoms with van der Waals surface area (Å²) in [5, 5.41) is 7.92. The molecule has 4 aliphatic rings. The molecule has 0 spiro atoms. The van der Waals surface area contributed by atoms with Crippen LogP contribution in [0.4, 0.5) is 0 Å². The van der Waals surface area contributed by atoms with Gasteiger partial charge in [0, 0.05) is 18.3 Å². The molecule has 98 valence electrons. The molecule has 5 rings (SSSR count). The molecule has 3 nitrogen and oxygen atoms in total. The Labute approximate surface area is 109 Å². The van der Waals surface area contributed by atoms with Gasteiger partial charge < -0.3 is 5.32 Å². The summed E-state index contributed by atoms with van der Waals surface area (Å²) in [5.41, 5.74) is 1.72. The highest BCUT2D eigenvalue weighted by molar-refractivity contribution is 5.10. The van der Waals surface area contributed by atoms with Crippen LogP contribution in [0, 0.1) is 17.8 Å². The molecular formula is C15H23N3. The van der Waals surface area contributed by atoms with Crippen molar-refractivity contribution in [1.82, 2.24) is 15.1 Å². The third kappa shape index (κ3) is 1.56. The molecule has 1 N–H and O–H groups in total. The van der Waals surface area contributed by atoms with Gasteiger partial charge in [-0.05, 0) is 63.3 Å². The molecule has 18 heavy (non-hydrogen) atoms. The zero-order chi connectivity index (χ0) is 12.2. The zero-order valence-corrected chi connectivity index (χ0v) is 11.2. The second kappa shape index (κ2) is 3.83. The fraction of sp³-hybridized carbons (Fsp3) is 0.800. The third-order valence-corrected chi connectivity index (χ3v) is 5.51. The molecule has 0 atom stereocenters. The number of nitrogens with one attached hydrogen (secondary N) is 1. The van der Waals surface area contributed by atoms with Crippen LogP contribution in [-0.4, -0.2) is 16.8 Å². The number of hydrogen-bond acceptors (Lipinski definition) is 2. The van der Waals surface area contributed by atoms with Crippen molar-refractivity contribution in [3.63, 3.8) is 0 Å². The van der Waals surface area contributed by atoms with Crippen molar-refractivity contribution in [2.75, 3.05) is 7.05 Å². The Bertz CT molecular complexity index is 413. The van der Waals surface area contributed by atoms with Crippen molar-refractivity contribution >= 4 is 0 Å². The van der Waals surface area contributed by atoms with Crippen LogP contribution in [0.2, 0.25) is 0 Å². The minimum atomic E-state index is 0.390. The molecule has 0 aliphatic heterocycles. The van der Waals surface area contributed by atoms with Crippen molar-refractivity contribution in [3.8, 4) is 0 Å². The lowest BCUT2D eigenvalue weighted by atomic mass is 9.53. The monoisotopic (exact) mass is 245 g/mol. The van der Waals surface area contributed by atoms with Gasteiger partial charge in [-0.2, -0.15) is 5.10 Å². The lowest BCUT2D eigenvalue weighted by molar-refractivity contribution is -0.0494. The van der Waals surface area contributed by atoms with Gasteiger partial charge in [0.25, 0.3) is 0 Å². The predicted molar refractivity (Wildman–Crippen MR) is 71.1 cm³/mol. The van der Waals surface area contributed by atoms with Crippen LogP contribution in [0.15, 0.2) is 12.4 Å². The van der Waals surface area contributed by atoms with Crippen LogP contribution in [0.5, 0.6) is 0 Å². The summed E-state index contributed by atoms with van der Waals surface area (Å²) >= 11 is 0. The highest BCUT2D eigenvalue weighted by atomic mass is 15.3. The minimum Gasteiger partial charge on any atom is -0.316 e. The molecule has 0 saturated heterocycles. The number of rotatable bonds is 3. The van der Waals surface area contributed by atoms with Crippen LogP contribution in [0.3, 0.4) is 0 Å². The zero-order valence-electron chi connectivity index (χ0n) is 11.2. The van der Waals surface area contributed by atoms with Gasteiger partial charge in [0.15, 0.2) is 0 Å². The Morgan fingerprint density at radius 1 is 1.22 bits per heavy atom. The highest BCUT2D eigenvalue weighted by Gasteiger charge is 2.52. The predicted octanol–water partition coefficient (Wildman–Crippen LogP) is 2.53. The Hall–Kier alpha value is -0.830. The van der Waals surface area contributed by atoms with E-state index in [2.05, 4.69) is 22.4 Å². The minimum absolute atomic E-state index is 0.390. The highest BCUT2D eigenvalue weighted by Crippen LogP contribution is 2.58. The number of aromatic nitrogens is 2. The fourth-order valence-electron chi connectivity index (χ4n) is 5.26. The smallest absolute Gasteiger partial charge is 0.0635 e. The maximum atomic E-state index is 4.70. The van der Waals surface area contributed by atoms with Crippen LogP contribution in [0.1, 0.15) is 44.1 Å². The second-order valence-electron chi connectivity index (χ2n) is 6.97. The fourth-order valence-corrected chi connectivity index (χ4v) is 5.26. The van der Waals surface area contributed by atoms with Gasteiger partial charge >= 0.3 is 0 Å². The van der Waals surface area contributed by atoms with E-state index in [1.165, 1.54) is 44.1 Å². The quantitative estimate of drug-likeness (QED) is 0.887. The summed E-state index contributed by atoms with van der Waals surface area (Å²) in [6.45, 7) is 0.937. The second-order valence-corrected chi connectivity index (χ2v) is 6.97. The van der Waals surface area contributed by atoms with Crippen molar-refractivity contribution in [1.29, 1.82) is 0 Å². The molecule has 4 fully saturated rings. The van der Waals surface area contributed by atoms with Gasteiger partial charge in [0.2, 0.25) is 0 Å². The average Bonchev–Trinajstić information content (AvgIpc) is 2.77. The van der Waals surface area contributed by atoms with Crippen molar-refractivity contribution in [2.24, 2.45) is 17.8 Å². The molecule has 0 radical (unpaired) electrons.